The molecule has 3 rings (SSSR count). The van der Waals surface area contributed by atoms with Gasteiger partial charge in [0.15, 0.2) is 0 Å². The third-order valence-electron chi connectivity index (χ3n) is 4.39. The van der Waals surface area contributed by atoms with Gasteiger partial charge in [-0.25, -0.2) is 4.39 Å². The summed E-state index contributed by atoms with van der Waals surface area (Å²) in [5.74, 6) is -3.44. The Kier molecular flexibility index (Phi) is 4.15. The molecular weight excluding hydrogens is 362 g/mol. The molecule has 8 heteroatoms. The van der Waals surface area contributed by atoms with Crippen molar-refractivity contribution in [3.63, 3.8) is 0 Å². The van der Waals surface area contributed by atoms with Gasteiger partial charge >= 0.3 is 6.18 Å². The molecule has 25 heavy (non-hydrogen) atoms. The van der Waals surface area contributed by atoms with Crippen LogP contribution in [0.1, 0.15) is 45.0 Å². The maximum Gasteiger partial charge on any atom is 0.416 e. The van der Waals surface area contributed by atoms with E-state index < -0.39 is 46.3 Å². The van der Waals surface area contributed by atoms with Crippen molar-refractivity contribution in [3.8, 4) is 5.75 Å². The van der Waals surface area contributed by atoms with Crippen LogP contribution in [0, 0.1) is 5.82 Å². The van der Waals surface area contributed by atoms with Gasteiger partial charge in [-0.3, -0.25) is 4.79 Å². The Morgan fingerprint density at radius 1 is 1.28 bits per heavy atom. The average molecular weight is 374 g/mol. The number of nitrogens with two attached hydrogens (primary N) is 1. The van der Waals surface area contributed by atoms with E-state index >= 15 is 0 Å². The standard InChI is InChI=1S/C17H12ClF4NO2/c18-7-5-11-8(13(19)6-7)1-2-9(11)14-12(17(20,21)22)4-3-10(15(14)24)16(23)25/h3-6,9,24H,1-2H2,(H2,23,25)/t9-/m1/s1. The zero-order valence-corrected chi connectivity index (χ0v) is 13.4. The monoisotopic (exact) mass is 373 g/mol. The summed E-state index contributed by atoms with van der Waals surface area (Å²) >= 11 is 5.83. The molecule has 1 amide bonds. The van der Waals surface area contributed by atoms with E-state index in [-0.39, 0.29) is 29.0 Å². The van der Waals surface area contributed by atoms with Crippen molar-refractivity contribution in [1.29, 1.82) is 0 Å². The van der Waals surface area contributed by atoms with Crippen LogP contribution < -0.4 is 5.73 Å². The number of hydrogen-bond donors (Lipinski definition) is 2. The summed E-state index contributed by atoms with van der Waals surface area (Å²) in [6, 6.07) is 4.01. The van der Waals surface area contributed by atoms with Gasteiger partial charge in [0, 0.05) is 16.5 Å². The minimum atomic E-state index is -4.76. The number of halogens is 5. The number of carbonyl (C=O) groups excluding carboxylic acids is 1. The third kappa shape index (κ3) is 2.93. The van der Waals surface area contributed by atoms with Gasteiger partial charge in [0.2, 0.25) is 0 Å². The van der Waals surface area contributed by atoms with Gasteiger partial charge in [-0.15, -0.1) is 0 Å². The molecular formula is C17H12ClF4NO2. The van der Waals surface area contributed by atoms with Crippen molar-refractivity contribution in [2.75, 3.05) is 0 Å². The lowest BCUT2D eigenvalue weighted by atomic mass is 9.86. The zero-order chi connectivity index (χ0) is 18.5. The van der Waals surface area contributed by atoms with E-state index in [1.54, 1.807) is 0 Å². The van der Waals surface area contributed by atoms with Crippen LogP contribution in [0.15, 0.2) is 24.3 Å². The van der Waals surface area contributed by atoms with Crippen molar-refractivity contribution in [3.05, 3.63) is 62.9 Å². The van der Waals surface area contributed by atoms with Gasteiger partial charge in [0.05, 0.1) is 11.1 Å². The first-order valence-corrected chi connectivity index (χ1v) is 7.69. The molecule has 1 atom stereocenters. The highest BCUT2D eigenvalue weighted by atomic mass is 35.5. The number of amides is 1. The van der Waals surface area contributed by atoms with Crippen LogP contribution in [0.2, 0.25) is 5.02 Å². The number of rotatable bonds is 2. The van der Waals surface area contributed by atoms with Crippen molar-refractivity contribution in [1.82, 2.24) is 0 Å². The number of primary amides is 1. The lowest BCUT2D eigenvalue weighted by Crippen LogP contribution is -2.17. The van der Waals surface area contributed by atoms with Gasteiger partial charge < -0.3 is 10.8 Å². The highest BCUT2D eigenvalue weighted by Gasteiger charge is 2.40. The molecule has 1 aliphatic carbocycles. The second kappa shape index (κ2) is 5.91. The first-order chi connectivity index (χ1) is 11.6. The molecule has 2 aromatic carbocycles. The number of alkyl halides is 3. The number of aromatic hydroxyl groups is 1. The molecule has 3 N–H and O–H groups in total. The van der Waals surface area contributed by atoms with Crippen LogP contribution in [0.5, 0.6) is 5.75 Å². The molecule has 2 aromatic rings. The first-order valence-electron chi connectivity index (χ1n) is 7.32. The summed E-state index contributed by atoms with van der Waals surface area (Å²) in [7, 11) is 0. The van der Waals surface area contributed by atoms with Crippen LogP contribution >= 0.6 is 11.6 Å². The number of hydrogen-bond acceptors (Lipinski definition) is 2. The van der Waals surface area contributed by atoms with E-state index in [4.69, 9.17) is 17.3 Å². The fourth-order valence-corrected chi connectivity index (χ4v) is 3.56. The molecule has 0 aliphatic heterocycles. The van der Waals surface area contributed by atoms with Crippen molar-refractivity contribution in [2.45, 2.75) is 24.9 Å². The van der Waals surface area contributed by atoms with Crippen molar-refractivity contribution in [2.24, 2.45) is 5.73 Å². The second-order valence-corrected chi connectivity index (χ2v) is 6.27. The van der Waals surface area contributed by atoms with Gasteiger partial charge in [0.25, 0.3) is 5.91 Å². The van der Waals surface area contributed by atoms with Crippen LogP contribution in [0.4, 0.5) is 17.6 Å². The summed E-state index contributed by atoms with van der Waals surface area (Å²) in [5, 5.41) is 10.3. The SMILES string of the molecule is NC(=O)c1ccc(C(F)(F)F)c([C@@H]2CCc3c(F)cc(Cl)cc32)c1O. The van der Waals surface area contributed by atoms with Crippen molar-refractivity contribution >= 4 is 17.5 Å². The Morgan fingerprint density at radius 2 is 1.96 bits per heavy atom. The summed E-state index contributed by atoms with van der Waals surface area (Å²) in [6.07, 6.45) is -4.42. The smallest absolute Gasteiger partial charge is 0.416 e. The minimum Gasteiger partial charge on any atom is -0.507 e. The summed E-state index contributed by atoms with van der Waals surface area (Å²) in [5.41, 5.74) is 3.66. The number of carbonyl (C=O) groups is 1. The fraction of sp³-hybridized carbons (Fsp3) is 0.235. The first kappa shape index (κ1) is 17.5. The quantitative estimate of drug-likeness (QED) is 0.767. The molecule has 0 spiro atoms. The summed E-state index contributed by atoms with van der Waals surface area (Å²) < 4.78 is 54.3. The van der Waals surface area contributed by atoms with Crippen LogP contribution in [0.25, 0.3) is 0 Å². The van der Waals surface area contributed by atoms with Gasteiger partial charge in [0.1, 0.15) is 11.6 Å². The Balaban J connectivity index is 2.29. The summed E-state index contributed by atoms with van der Waals surface area (Å²) in [4.78, 5) is 11.4. The predicted octanol–water partition coefficient (Wildman–Crippen LogP) is 4.38. The van der Waals surface area contributed by atoms with E-state index in [1.165, 1.54) is 6.07 Å². The molecule has 0 saturated carbocycles. The molecule has 132 valence electrons. The highest BCUT2D eigenvalue weighted by Crippen LogP contribution is 2.48. The second-order valence-electron chi connectivity index (χ2n) is 5.83. The van der Waals surface area contributed by atoms with Crippen LogP contribution in [0.3, 0.4) is 0 Å². The Morgan fingerprint density at radius 3 is 2.56 bits per heavy atom. The highest BCUT2D eigenvalue weighted by molar-refractivity contribution is 6.30. The van der Waals surface area contributed by atoms with E-state index in [1.807, 2.05) is 0 Å². The summed E-state index contributed by atoms with van der Waals surface area (Å²) in [6.45, 7) is 0. The van der Waals surface area contributed by atoms with Gasteiger partial charge in [-0.2, -0.15) is 13.2 Å². The van der Waals surface area contributed by atoms with E-state index in [9.17, 15) is 27.5 Å². The molecule has 0 aromatic heterocycles. The number of benzene rings is 2. The normalized spacial score (nSPS) is 16.8. The molecule has 0 bridgehead atoms. The molecule has 1 aliphatic rings. The maximum atomic E-state index is 14.0. The van der Waals surface area contributed by atoms with E-state index in [0.29, 0.717) is 6.07 Å². The molecule has 0 unspecified atom stereocenters. The Hall–Kier alpha value is -2.28. The van der Waals surface area contributed by atoms with Gasteiger partial charge in [-0.05, 0) is 48.2 Å². The van der Waals surface area contributed by atoms with Crippen molar-refractivity contribution < 1.29 is 27.5 Å². The molecule has 3 nitrogen and oxygen atoms in total. The lowest BCUT2D eigenvalue weighted by molar-refractivity contribution is -0.138. The van der Waals surface area contributed by atoms with E-state index in [0.717, 1.165) is 12.1 Å². The van der Waals surface area contributed by atoms with Gasteiger partial charge in [-0.1, -0.05) is 11.6 Å². The van der Waals surface area contributed by atoms with Crippen LogP contribution in [-0.4, -0.2) is 11.0 Å². The van der Waals surface area contributed by atoms with E-state index in [2.05, 4.69) is 0 Å². The topological polar surface area (TPSA) is 63.3 Å². The van der Waals surface area contributed by atoms with Crippen LogP contribution in [-0.2, 0) is 12.6 Å². The fourth-order valence-electron chi connectivity index (χ4n) is 3.35. The number of phenols is 1. The lowest BCUT2D eigenvalue weighted by Gasteiger charge is -2.21. The number of fused-ring (bicyclic) bond motifs is 1. The predicted molar refractivity (Wildman–Crippen MR) is 83.2 cm³/mol. The largest absolute Gasteiger partial charge is 0.507 e. The molecule has 0 saturated heterocycles. The minimum absolute atomic E-state index is 0.0438. The molecule has 0 radical (unpaired) electrons. The Labute approximate surface area is 145 Å². The average Bonchev–Trinajstić information content (AvgIpc) is 2.89. The maximum absolute atomic E-state index is 14.0. The third-order valence-corrected chi connectivity index (χ3v) is 4.61. The molecule has 0 fully saturated rings. The Bertz CT molecular complexity index is 880. The molecule has 0 heterocycles. The zero-order valence-electron chi connectivity index (χ0n) is 12.6.